The van der Waals surface area contributed by atoms with Crippen LogP contribution in [0.2, 0.25) is 19.6 Å². The highest BCUT2D eigenvalue weighted by Crippen LogP contribution is 2.01. The predicted molar refractivity (Wildman–Crippen MR) is 126 cm³/mol. The van der Waals surface area contributed by atoms with Crippen LogP contribution in [-0.4, -0.2) is 120 Å². The van der Waals surface area contributed by atoms with Crippen LogP contribution in [0.1, 0.15) is 0 Å². The van der Waals surface area contributed by atoms with Crippen molar-refractivity contribution >= 4 is 14.3 Å². The molecule has 0 fully saturated rings. The van der Waals surface area contributed by atoms with Gasteiger partial charge < -0.3 is 42.3 Å². The zero-order valence-electron chi connectivity index (χ0n) is 20.7. The topological polar surface area (TPSA) is 100 Å². The van der Waals surface area contributed by atoms with Gasteiger partial charge in [0.1, 0.15) is 6.61 Å². The van der Waals surface area contributed by atoms with E-state index in [2.05, 4.69) is 26.2 Å². The van der Waals surface area contributed by atoms with E-state index in [0.29, 0.717) is 99.1 Å². The molecule has 0 aromatic heterocycles. The molecular formula is C22H44O10Si. The SMILES string of the molecule is C=CC(=O)OCCOCCOCCOCCOCCOCCOCCOCCO[Si](C)(C)C. The molecule has 0 rings (SSSR count). The van der Waals surface area contributed by atoms with Crippen molar-refractivity contribution < 1.29 is 47.1 Å². The Morgan fingerprint density at radius 2 is 0.818 bits per heavy atom. The van der Waals surface area contributed by atoms with Crippen molar-refractivity contribution in [1.29, 1.82) is 0 Å². The minimum Gasteiger partial charge on any atom is -0.460 e. The summed E-state index contributed by atoms with van der Waals surface area (Å²) in [6.07, 6.45) is 1.12. The van der Waals surface area contributed by atoms with Gasteiger partial charge in [0.15, 0.2) is 8.32 Å². The normalized spacial score (nSPS) is 11.6. The minimum atomic E-state index is -1.44. The molecule has 196 valence electrons. The molecule has 33 heavy (non-hydrogen) atoms. The summed E-state index contributed by atoms with van der Waals surface area (Å²) in [5.41, 5.74) is 0. The fourth-order valence-corrected chi connectivity index (χ4v) is 2.78. The molecule has 0 radical (unpaired) electrons. The quantitative estimate of drug-likeness (QED) is 0.0761. The first-order chi connectivity index (χ1) is 16.0. The summed E-state index contributed by atoms with van der Waals surface area (Å²) in [4.78, 5) is 10.8. The zero-order chi connectivity index (χ0) is 24.5. The highest BCUT2D eigenvalue weighted by Gasteiger charge is 2.12. The third kappa shape index (κ3) is 29.1. The lowest BCUT2D eigenvalue weighted by atomic mass is 10.6. The Balaban J connectivity index is 3.06. The number of ether oxygens (including phenoxy) is 8. The van der Waals surface area contributed by atoms with E-state index in [9.17, 15) is 4.79 Å². The van der Waals surface area contributed by atoms with E-state index in [1.165, 1.54) is 0 Å². The number of carbonyl (C=O) groups is 1. The highest BCUT2D eigenvalue weighted by atomic mass is 28.4. The summed E-state index contributed by atoms with van der Waals surface area (Å²) in [7, 11) is -1.44. The van der Waals surface area contributed by atoms with E-state index in [1.54, 1.807) is 0 Å². The Morgan fingerprint density at radius 1 is 0.545 bits per heavy atom. The third-order valence-corrected chi connectivity index (χ3v) is 4.70. The number of hydrogen-bond donors (Lipinski definition) is 0. The molecule has 10 nitrogen and oxygen atoms in total. The highest BCUT2D eigenvalue weighted by molar-refractivity contribution is 6.69. The van der Waals surface area contributed by atoms with E-state index in [-0.39, 0.29) is 6.61 Å². The molecule has 11 heteroatoms. The van der Waals surface area contributed by atoms with Crippen LogP contribution in [0.5, 0.6) is 0 Å². The summed E-state index contributed by atoms with van der Waals surface area (Å²) < 4.78 is 48.2. The summed E-state index contributed by atoms with van der Waals surface area (Å²) in [5.74, 6) is -0.454. The van der Waals surface area contributed by atoms with Crippen molar-refractivity contribution in [3.63, 3.8) is 0 Å². The van der Waals surface area contributed by atoms with Crippen LogP contribution in [0.25, 0.3) is 0 Å². The lowest BCUT2D eigenvalue weighted by molar-refractivity contribution is -0.139. The second-order valence-electron chi connectivity index (χ2n) is 7.62. The van der Waals surface area contributed by atoms with Crippen molar-refractivity contribution in [1.82, 2.24) is 0 Å². The van der Waals surface area contributed by atoms with Crippen LogP contribution in [0.4, 0.5) is 0 Å². The van der Waals surface area contributed by atoms with Crippen LogP contribution in [0, 0.1) is 0 Å². The summed E-state index contributed by atoms with van der Waals surface area (Å²) in [5, 5.41) is 0. The van der Waals surface area contributed by atoms with Gasteiger partial charge in [-0.25, -0.2) is 4.79 Å². The van der Waals surface area contributed by atoms with E-state index in [4.69, 9.17) is 42.3 Å². The first-order valence-electron chi connectivity index (χ1n) is 11.4. The minimum absolute atomic E-state index is 0.206. The molecule has 0 bridgehead atoms. The molecule has 0 aliphatic rings. The van der Waals surface area contributed by atoms with Gasteiger partial charge in [-0.15, -0.1) is 0 Å². The third-order valence-electron chi connectivity index (χ3n) is 3.63. The Morgan fingerprint density at radius 3 is 1.09 bits per heavy atom. The Bertz CT molecular complexity index is 445. The molecular weight excluding hydrogens is 452 g/mol. The lowest BCUT2D eigenvalue weighted by Gasteiger charge is -2.16. The van der Waals surface area contributed by atoms with Crippen LogP contribution in [-0.2, 0) is 47.1 Å². The smallest absolute Gasteiger partial charge is 0.330 e. The molecule has 0 aliphatic heterocycles. The van der Waals surface area contributed by atoms with Crippen molar-refractivity contribution in [2.45, 2.75) is 19.6 Å². The number of rotatable bonds is 26. The standard InChI is InChI=1S/C22H44O10Si/c1-5-22(23)31-20-18-29-16-14-27-12-10-25-8-6-24-7-9-26-11-13-28-15-17-30-19-21-32-33(2,3)4/h5H,1,6-21H2,2-4H3. The summed E-state index contributed by atoms with van der Waals surface area (Å²) in [6.45, 7) is 17.6. The van der Waals surface area contributed by atoms with E-state index in [1.807, 2.05) is 0 Å². The monoisotopic (exact) mass is 496 g/mol. The molecule has 0 unspecified atom stereocenters. The van der Waals surface area contributed by atoms with Gasteiger partial charge in [0.2, 0.25) is 0 Å². The maximum absolute atomic E-state index is 10.8. The summed E-state index contributed by atoms with van der Waals surface area (Å²) >= 11 is 0. The van der Waals surface area contributed by atoms with Crippen molar-refractivity contribution in [2.75, 3.05) is 106 Å². The Hall–Kier alpha value is -0.893. The molecule has 0 N–H and O–H groups in total. The van der Waals surface area contributed by atoms with Gasteiger partial charge >= 0.3 is 5.97 Å². The van der Waals surface area contributed by atoms with E-state index < -0.39 is 14.3 Å². The number of carbonyl (C=O) groups excluding carboxylic acids is 1. The van der Waals surface area contributed by atoms with E-state index in [0.717, 1.165) is 6.08 Å². The van der Waals surface area contributed by atoms with Gasteiger partial charge in [0.25, 0.3) is 0 Å². The molecule has 0 atom stereocenters. The zero-order valence-corrected chi connectivity index (χ0v) is 21.7. The molecule has 0 saturated heterocycles. The second-order valence-corrected chi connectivity index (χ2v) is 12.1. The van der Waals surface area contributed by atoms with Crippen LogP contribution >= 0.6 is 0 Å². The second kappa shape index (κ2) is 24.2. The average Bonchev–Trinajstić information content (AvgIpc) is 2.78. The van der Waals surface area contributed by atoms with Crippen molar-refractivity contribution in [2.24, 2.45) is 0 Å². The largest absolute Gasteiger partial charge is 0.460 e. The van der Waals surface area contributed by atoms with Gasteiger partial charge in [0, 0.05) is 6.08 Å². The Labute approximate surface area is 199 Å². The maximum Gasteiger partial charge on any atom is 0.330 e. The van der Waals surface area contributed by atoms with Gasteiger partial charge in [-0.2, -0.15) is 0 Å². The molecule has 0 saturated carbocycles. The average molecular weight is 497 g/mol. The Kier molecular flexibility index (Phi) is 23.6. The lowest BCUT2D eigenvalue weighted by Crippen LogP contribution is -2.27. The molecule has 0 aromatic carbocycles. The van der Waals surface area contributed by atoms with Crippen LogP contribution in [0.15, 0.2) is 12.7 Å². The van der Waals surface area contributed by atoms with Crippen molar-refractivity contribution in [3.05, 3.63) is 12.7 Å². The number of esters is 1. The fraction of sp³-hybridized carbons (Fsp3) is 0.864. The van der Waals surface area contributed by atoms with Gasteiger partial charge in [-0.05, 0) is 19.6 Å². The van der Waals surface area contributed by atoms with Crippen LogP contribution < -0.4 is 0 Å². The molecule has 0 aromatic rings. The van der Waals surface area contributed by atoms with Gasteiger partial charge in [-0.1, -0.05) is 6.58 Å². The summed E-state index contributed by atoms with van der Waals surface area (Å²) in [6, 6.07) is 0. The first kappa shape index (κ1) is 32.1. The first-order valence-corrected chi connectivity index (χ1v) is 14.8. The predicted octanol–water partition coefficient (Wildman–Crippen LogP) is 1.68. The molecule has 0 heterocycles. The maximum atomic E-state index is 10.8. The molecule has 0 spiro atoms. The molecule has 0 aliphatic carbocycles. The van der Waals surface area contributed by atoms with Crippen LogP contribution in [0.3, 0.4) is 0 Å². The van der Waals surface area contributed by atoms with Gasteiger partial charge in [0.05, 0.1) is 99.1 Å². The number of hydrogen-bond acceptors (Lipinski definition) is 10. The molecule has 0 amide bonds. The van der Waals surface area contributed by atoms with Crippen molar-refractivity contribution in [3.8, 4) is 0 Å². The fourth-order valence-electron chi connectivity index (χ4n) is 2.09. The van der Waals surface area contributed by atoms with Gasteiger partial charge in [-0.3, -0.25) is 0 Å². The van der Waals surface area contributed by atoms with E-state index >= 15 is 0 Å².